The van der Waals surface area contributed by atoms with Crippen LogP contribution in [0, 0.1) is 5.41 Å². The summed E-state index contributed by atoms with van der Waals surface area (Å²) in [6.07, 6.45) is -0.0499. The topological polar surface area (TPSA) is 21.3 Å². The highest BCUT2D eigenvalue weighted by Gasteiger charge is 2.45. The Morgan fingerprint density at radius 1 is 1.19 bits per heavy atom. The molecule has 1 aliphatic heterocycles. The van der Waals surface area contributed by atoms with Gasteiger partial charge in [-0.05, 0) is 67.8 Å². The van der Waals surface area contributed by atoms with Crippen LogP contribution >= 0.6 is 0 Å². The quantitative estimate of drug-likeness (QED) is 0.892. The summed E-state index contributed by atoms with van der Waals surface area (Å²) in [5.41, 5.74) is 0.509. The van der Waals surface area contributed by atoms with E-state index in [4.69, 9.17) is 4.74 Å². The van der Waals surface area contributed by atoms with Gasteiger partial charge in [0.2, 0.25) is 0 Å². The lowest BCUT2D eigenvalue weighted by Gasteiger charge is -2.51. The normalized spacial score (nSPS) is 22.1. The Morgan fingerprint density at radius 3 is 2.43 bits per heavy atom. The van der Waals surface area contributed by atoms with Crippen LogP contribution in [0.25, 0.3) is 0 Å². The molecule has 2 aliphatic rings. The minimum Gasteiger partial charge on any atom is -0.496 e. The molecule has 0 atom stereocenters. The summed E-state index contributed by atoms with van der Waals surface area (Å²) in [6.45, 7) is 2.06. The number of rotatable bonds is 2. The third-order valence-electron chi connectivity index (χ3n) is 5.02. The Hall–Kier alpha value is -1.23. The van der Waals surface area contributed by atoms with Crippen molar-refractivity contribution in [3.8, 4) is 5.75 Å². The van der Waals surface area contributed by atoms with E-state index in [0.29, 0.717) is 5.41 Å². The molecule has 1 aliphatic carbocycles. The van der Waals surface area contributed by atoms with Crippen LogP contribution < -0.4 is 10.1 Å². The van der Waals surface area contributed by atoms with Crippen molar-refractivity contribution in [3.63, 3.8) is 0 Å². The highest BCUT2D eigenvalue weighted by Crippen LogP contribution is 2.56. The number of hydrogen-bond acceptors (Lipinski definition) is 2. The maximum atomic E-state index is 13.1. The Labute approximate surface area is 122 Å². The molecular formula is C16H20F3NO. The van der Waals surface area contributed by atoms with E-state index in [1.165, 1.54) is 19.2 Å². The number of piperidine rings is 1. The van der Waals surface area contributed by atoms with Crippen molar-refractivity contribution in [3.05, 3.63) is 29.3 Å². The van der Waals surface area contributed by atoms with E-state index in [1.807, 2.05) is 0 Å². The molecule has 2 fully saturated rings. The van der Waals surface area contributed by atoms with Gasteiger partial charge < -0.3 is 10.1 Å². The van der Waals surface area contributed by atoms with Crippen molar-refractivity contribution in [2.24, 2.45) is 5.41 Å². The fraction of sp³-hybridized carbons (Fsp3) is 0.625. The maximum absolute atomic E-state index is 13.1. The lowest BCUT2D eigenvalue weighted by molar-refractivity contribution is -0.138. The van der Waals surface area contributed by atoms with Crippen LogP contribution in [0.5, 0.6) is 5.75 Å². The van der Waals surface area contributed by atoms with Gasteiger partial charge in [-0.25, -0.2) is 0 Å². The van der Waals surface area contributed by atoms with Gasteiger partial charge in [-0.2, -0.15) is 13.2 Å². The fourth-order valence-electron chi connectivity index (χ4n) is 3.79. The molecule has 0 bridgehead atoms. The molecular weight excluding hydrogens is 279 g/mol. The zero-order valence-electron chi connectivity index (χ0n) is 12.1. The monoisotopic (exact) mass is 299 g/mol. The zero-order valence-corrected chi connectivity index (χ0v) is 12.1. The molecule has 116 valence electrons. The minimum atomic E-state index is -4.36. The van der Waals surface area contributed by atoms with Crippen LogP contribution in [-0.2, 0) is 6.18 Å². The molecule has 0 unspecified atom stereocenters. The van der Waals surface area contributed by atoms with Crippen LogP contribution in [0.3, 0.4) is 0 Å². The van der Waals surface area contributed by atoms with Gasteiger partial charge in [0.1, 0.15) is 5.75 Å². The molecule has 2 nitrogen and oxygen atoms in total. The average molecular weight is 299 g/mol. The molecule has 0 amide bonds. The van der Waals surface area contributed by atoms with E-state index < -0.39 is 11.7 Å². The van der Waals surface area contributed by atoms with Crippen LogP contribution in [0.4, 0.5) is 13.2 Å². The van der Waals surface area contributed by atoms with Gasteiger partial charge in [0.25, 0.3) is 0 Å². The number of alkyl halides is 3. The van der Waals surface area contributed by atoms with E-state index >= 15 is 0 Å². The van der Waals surface area contributed by atoms with Crippen molar-refractivity contribution in [2.45, 2.75) is 37.8 Å². The first-order valence-corrected chi connectivity index (χ1v) is 7.39. The van der Waals surface area contributed by atoms with Gasteiger partial charge >= 0.3 is 6.18 Å². The molecule has 5 heteroatoms. The molecule has 21 heavy (non-hydrogen) atoms. The predicted octanol–water partition coefficient (Wildman–Crippen LogP) is 3.96. The van der Waals surface area contributed by atoms with E-state index in [1.54, 1.807) is 6.07 Å². The number of methoxy groups -OCH3 is 1. The van der Waals surface area contributed by atoms with Gasteiger partial charge in [-0.3, -0.25) is 0 Å². The Balaban J connectivity index is 1.78. The number of benzene rings is 1. The van der Waals surface area contributed by atoms with Gasteiger partial charge in [0.05, 0.1) is 12.7 Å². The Kier molecular flexibility index (Phi) is 3.64. The lowest BCUT2D eigenvalue weighted by Crippen LogP contribution is -2.44. The molecule has 1 N–H and O–H groups in total. The molecule has 1 aromatic carbocycles. The molecule has 0 aromatic heterocycles. The molecule has 3 rings (SSSR count). The predicted molar refractivity (Wildman–Crippen MR) is 74.5 cm³/mol. The van der Waals surface area contributed by atoms with Crippen molar-refractivity contribution in [1.82, 2.24) is 5.32 Å². The lowest BCUT2D eigenvalue weighted by atomic mass is 9.56. The summed E-state index contributed by atoms with van der Waals surface area (Å²) in [4.78, 5) is 0. The summed E-state index contributed by atoms with van der Waals surface area (Å²) < 4.78 is 44.0. The fourth-order valence-corrected chi connectivity index (χ4v) is 3.79. The van der Waals surface area contributed by atoms with E-state index in [-0.39, 0.29) is 11.7 Å². The number of nitrogens with one attached hydrogen (secondary N) is 1. The first-order chi connectivity index (χ1) is 9.93. The highest BCUT2D eigenvalue weighted by atomic mass is 19.4. The number of halogens is 3. The summed E-state index contributed by atoms with van der Waals surface area (Å²) in [5, 5.41) is 3.34. The first-order valence-electron chi connectivity index (χ1n) is 7.39. The molecule has 1 heterocycles. The van der Waals surface area contributed by atoms with Crippen molar-refractivity contribution < 1.29 is 17.9 Å². The summed E-state index contributed by atoms with van der Waals surface area (Å²) in [7, 11) is 1.28. The van der Waals surface area contributed by atoms with Crippen LogP contribution in [0.1, 0.15) is 42.7 Å². The second-order valence-corrected chi connectivity index (χ2v) is 6.31. The second-order valence-electron chi connectivity index (χ2n) is 6.31. The minimum absolute atomic E-state index is 0.0952. The van der Waals surface area contributed by atoms with Crippen LogP contribution in [-0.4, -0.2) is 20.2 Å². The molecule has 1 saturated carbocycles. The Bertz CT molecular complexity index is 513. The second kappa shape index (κ2) is 5.20. The largest absolute Gasteiger partial charge is 0.496 e. The summed E-state index contributed by atoms with van der Waals surface area (Å²) in [5.74, 6) is 0.164. The standard InChI is InChI=1S/C16H20F3NO/c1-21-14-3-2-11(8-13(14)16(17,18)19)12-9-15(10-12)4-6-20-7-5-15/h2-3,8,12,20H,4-7,9-10H2,1H3. The molecule has 1 spiro atoms. The first kappa shape index (κ1) is 14.7. The highest BCUT2D eigenvalue weighted by molar-refractivity contribution is 5.41. The average Bonchev–Trinajstić information content (AvgIpc) is 2.44. The zero-order chi connectivity index (χ0) is 15.1. The number of hydrogen-bond donors (Lipinski definition) is 1. The third kappa shape index (κ3) is 2.76. The third-order valence-corrected chi connectivity index (χ3v) is 5.02. The van der Waals surface area contributed by atoms with Crippen LogP contribution in [0.15, 0.2) is 18.2 Å². The Morgan fingerprint density at radius 2 is 1.86 bits per heavy atom. The smallest absolute Gasteiger partial charge is 0.419 e. The van der Waals surface area contributed by atoms with Crippen molar-refractivity contribution >= 4 is 0 Å². The van der Waals surface area contributed by atoms with Gasteiger partial charge in [0.15, 0.2) is 0 Å². The maximum Gasteiger partial charge on any atom is 0.419 e. The molecule has 1 saturated heterocycles. The SMILES string of the molecule is COc1ccc(C2CC3(CCNCC3)C2)cc1C(F)(F)F. The summed E-state index contributed by atoms with van der Waals surface area (Å²) in [6, 6.07) is 4.51. The number of ether oxygens (including phenoxy) is 1. The van der Waals surface area contributed by atoms with E-state index in [9.17, 15) is 13.2 Å². The van der Waals surface area contributed by atoms with Crippen LogP contribution in [0.2, 0.25) is 0 Å². The van der Waals surface area contributed by atoms with Gasteiger partial charge in [0, 0.05) is 0 Å². The van der Waals surface area contributed by atoms with Crippen molar-refractivity contribution in [2.75, 3.05) is 20.2 Å². The molecule has 0 radical (unpaired) electrons. The van der Waals surface area contributed by atoms with Crippen molar-refractivity contribution in [1.29, 1.82) is 0 Å². The van der Waals surface area contributed by atoms with E-state index in [2.05, 4.69) is 5.32 Å². The summed E-state index contributed by atoms with van der Waals surface area (Å²) >= 11 is 0. The van der Waals surface area contributed by atoms with Gasteiger partial charge in [-0.15, -0.1) is 0 Å². The van der Waals surface area contributed by atoms with E-state index in [0.717, 1.165) is 44.3 Å². The van der Waals surface area contributed by atoms with Gasteiger partial charge in [-0.1, -0.05) is 6.07 Å². The molecule has 1 aromatic rings.